The van der Waals surface area contributed by atoms with Gasteiger partial charge >= 0.3 is 0 Å². The number of nitrogens with zero attached hydrogens (tertiary/aromatic N) is 2. The zero-order chi connectivity index (χ0) is 8.97. The topological polar surface area (TPSA) is 51.0 Å². The summed E-state index contributed by atoms with van der Waals surface area (Å²) in [6.07, 6.45) is 0.800. The molecule has 0 aromatic carbocycles. The highest BCUT2D eigenvalue weighted by molar-refractivity contribution is 4.85. The van der Waals surface area contributed by atoms with Crippen LogP contribution in [0.3, 0.4) is 0 Å². The lowest BCUT2D eigenvalue weighted by molar-refractivity contribution is 0.360. The van der Waals surface area contributed by atoms with Crippen LogP contribution >= 0.6 is 0 Å². The fourth-order valence-electron chi connectivity index (χ4n) is 1.11. The van der Waals surface area contributed by atoms with E-state index < -0.39 is 0 Å². The Morgan fingerprint density at radius 3 is 2.83 bits per heavy atom. The summed E-state index contributed by atoms with van der Waals surface area (Å²) in [5, 5.41) is 6.99. The molecule has 68 valence electrons. The smallest absolute Gasteiger partial charge is 0.228 e. The maximum Gasteiger partial charge on any atom is 0.228 e. The molecule has 4 heteroatoms. The molecular formula is C8H15N3O. The lowest BCUT2D eigenvalue weighted by Crippen LogP contribution is -2.27. The van der Waals surface area contributed by atoms with E-state index in [-0.39, 0.29) is 0 Å². The quantitative estimate of drug-likeness (QED) is 0.728. The van der Waals surface area contributed by atoms with Gasteiger partial charge < -0.3 is 9.84 Å². The highest BCUT2D eigenvalue weighted by Gasteiger charge is 2.07. The second-order valence-electron chi connectivity index (χ2n) is 2.90. The van der Waals surface area contributed by atoms with Crippen molar-refractivity contribution in [3.05, 3.63) is 11.7 Å². The lowest BCUT2D eigenvalue weighted by Gasteiger charge is -2.07. The van der Waals surface area contributed by atoms with E-state index in [1.54, 1.807) is 0 Å². The molecule has 0 aliphatic rings. The predicted molar refractivity (Wildman–Crippen MR) is 45.9 cm³/mol. The van der Waals surface area contributed by atoms with Crippen molar-refractivity contribution in [1.82, 2.24) is 15.5 Å². The van der Waals surface area contributed by atoms with Crippen LogP contribution in [0.2, 0.25) is 0 Å². The molecule has 0 bridgehead atoms. The highest BCUT2D eigenvalue weighted by atomic mass is 16.5. The minimum absolute atomic E-state index is 0.398. The zero-order valence-corrected chi connectivity index (χ0v) is 7.79. The van der Waals surface area contributed by atoms with E-state index in [0.29, 0.717) is 17.8 Å². The Morgan fingerprint density at radius 2 is 2.33 bits per heavy atom. The van der Waals surface area contributed by atoms with Crippen LogP contribution in [0.1, 0.15) is 25.6 Å². The molecule has 0 radical (unpaired) electrons. The van der Waals surface area contributed by atoms with Crippen LogP contribution in [0.5, 0.6) is 0 Å². The summed E-state index contributed by atoms with van der Waals surface area (Å²) >= 11 is 0. The molecule has 1 aromatic heterocycles. The predicted octanol–water partition coefficient (Wildman–Crippen LogP) is 0.919. The number of rotatable bonds is 4. The Hall–Kier alpha value is -0.900. The van der Waals surface area contributed by atoms with Crippen molar-refractivity contribution in [1.29, 1.82) is 0 Å². The normalized spacial score (nSPS) is 13.2. The van der Waals surface area contributed by atoms with Gasteiger partial charge in [-0.25, -0.2) is 0 Å². The zero-order valence-electron chi connectivity index (χ0n) is 7.79. The third-order valence-electron chi connectivity index (χ3n) is 1.60. The van der Waals surface area contributed by atoms with Gasteiger partial charge in [0.2, 0.25) is 5.89 Å². The molecule has 4 nitrogen and oxygen atoms in total. The number of aromatic nitrogens is 2. The maximum absolute atomic E-state index is 4.98. The van der Waals surface area contributed by atoms with Gasteiger partial charge in [0.05, 0.1) is 0 Å². The molecule has 0 saturated heterocycles. The molecule has 1 heterocycles. The number of likely N-dealkylation sites (N-methyl/N-ethyl adjacent to an activating group) is 1. The van der Waals surface area contributed by atoms with E-state index in [4.69, 9.17) is 4.52 Å². The highest BCUT2D eigenvalue weighted by Crippen LogP contribution is 1.99. The summed E-state index contributed by atoms with van der Waals surface area (Å²) < 4.78 is 4.98. The van der Waals surface area contributed by atoms with Crippen LogP contribution in [-0.4, -0.2) is 22.7 Å². The molecule has 0 unspecified atom stereocenters. The third-order valence-corrected chi connectivity index (χ3v) is 1.60. The van der Waals surface area contributed by atoms with Crippen LogP contribution in [-0.2, 0) is 6.42 Å². The maximum atomic E-state index is 4.98. The fourth-order valence-corrected chi connectivity index (χ4v) is 1.11. The van der Waals surface area contributed by atoms with Crippen molar-refractivity contribution in [2.24, 2.45) is 0 Å². The van der Waals surface area contributed by atoms with E-state index in [2.05, 4.69) is 29.3 Å². The summed E-state index contributed by atoms with van der Waals surface area (Å²) in [5.74, 6) is 1.41. The average molecular weight is 169 g/mol. The summed E-state index contributed by atoms with van der Waals surface area (Å²) in [6, 6.07) is 0.398. The second-order valence-corrected chi connectivity index (χ2v) is 2.90. The Morgan fingerprint density at radius 1 is 1.58 bits per heavy atom. The van der Waals surface area contributed by atoms with Crippen LogP contribution in [0, 0.1) is 6.92 Å². The van der Waals surface area contributed by atoms with Crippen molar-refractivity contribution in [2.75, 3.05) is 6.54 Å². The molecule has 0 aliphatic carbocycles. The number of hydrogen-bond acceptors (Lipinski definition) is 4. The first-order valence-electron chi connectivity index (χ1n) is 4.25. The standard InChI is InChI=1S/C8H15N3O/c1-4-9-6(2)5-8-10-7(3)11-12-8/h6,9H,4-5H2,1-3H3/t6-/m0/s1. The lowest BCUT2D eigenvalue weighted by atomic mass is 10.2. The first kappa shape index (κ1) is 9.19. The van der Waals surface area contributed by atoms with E-state index in [0.717, 1.165) is 13.0 Å². The van der Waals surface area contributed by atoms with Crippen LogP contribution in [0.4, 0.5) is 0 Å². The summed E-state index contributed by atoms with van der Waals surface area (Å²) in [5.41, 5.74) is 0. The van der Waals surface area contributed by atoms with Gasteiger partial charge in [0.25, 0.3) is 0 Å². The van der Waals surface area contributed by atoms with E-state index in [1.165, 1.54) is 0 Å². The Bertz CT molecular complexity index is 234. The fraction of sp³-hybridized carbons (Fsp3) is 0.750. The van der Waals surface area contributed by atoms with Crippen LogP contribution in [0.25, 0.3) is 0 Å². The Balaban J connectivity index is 2.41. The minimum atomic E-state index is 0.398. The molecule has 1 atom stereocenters. The van der Waals surface area contributed by atoms with Gasteiger partial charge in [-0.3, -0.25) is 0 Å². The first-order chi connectivity index (χ1) is 5.72. The van der Waals surface area contributed by atoms with Crippen molar-refractivity contribution >= 4 is 0 Å². The van der Waals surface area contributed by atoms with Gasteiger partial charge in [-0.15, -0.1) is 0 Å². The number of aryl methyl sites for hydroxylation is 1. The number of hydrogen-bond donors (Lipinski definition) is 1. The van der Waals surface area contributed by atoms with Gasteiger partial charge in [-0.2, -0.15) is 4.98 Å². The van der Waals surface area contributed by atoms with Crippen molar-refractivity contribution in [3.8, 4) is 0 Å². The van der Waals surface area contributed by atoms with Crippen molar-refractivity contribution < 1.29 is 4.52 Å². The van der Waals surface area contributed by atoms with E-state index in [9.17, 15) is 0 Å². The van der Waals surface area contributed by atoms with Gasteiger partial charge in [-0.05, 0) is 20.4 Å². The molecule has 0 amide bonds. The second kappa shape index (κ2) is 4.21. The molecular weight excluding hydrogens is 154 g/mol. The molecule has 0 spiro atoms. The Kier molecular flexibility index (Phi) is 3.22. The summed E-state index contributed by atoms with van der Waals surface area (Å²) in [4.78, 5) is 4.12. The van der Waals surface area contributed by atoms with Gasteiger partial charge in [-0.1, -0.05) is 12.1 Å². The molecule has 0 saturated carbocycles. The minimum Gasteiger partial charge on any atom is -0.339 e. The molecule has 1 rings (SSSR count). The first-order valence-corrected chi connectivity index (χ1v) is 4.25. The Labute approximate surface area is 72.4 Å². The number of nitrogens with one attached hydrogen (secondary N) is 1. The molecule has 12 heavy (non-hydrogen) atoms. The molecule has 1 aromatic rings. The van der Waals surface area contributed by atoms with Gasteiger partial charge in [0.1, 0.15) is 0 Å². The largest absolute Gasteiger partial charge is 0.339 e. The van der Waals surface area contributed by atoms with Crippen molar-refractivity contribution in [2.45, 2.75) is 33.2 Å². The van der Waals surface area contributed by atoms with Crippen LogP contribution < -0.4 is 5.32 Å². The molecule has 1 N–H and O–H groups in total. The molecule has 0 aliphatic heterocycles. The van der Waals surface area contributed by atoms with Gasteiger partial charge in [0, 0.05) is 12.5 Å². The summed E-state index contributed by atoms with van der Waals surface area (Å²) in [6.45, 7) is 6.97. The molecule has 0 fully saturated rings. The van der Waals surface area contributed by atoms with Crippen LogP contribution in [0.15, 0.2) is 4.52 Å². The van der Waals surface area contributed by atoms with Crippen molar-refractivity contribution in [3.63, 3.8) is 0 Å². The van der Waals surface area contributed by atoms with Gasteiger partial charge in [0.15, 0.2) is 5.82 Å². The summed E-state index contributed by atoms with van der Waals surface area (Å²) in [7, 11) is 0. The SMILES string of the molecule is CCN[C@@H](C)Cc1nc(C)no1. The third kappa shape index (κ3) is 2.62. The average Bonchev–Trinajstić information content (AvgIpc) is 2.36. The van der Waals surface area contributed by atoms with E-state index >= 15 is 0 Å². The van der Waals surface area contributed by atoms with E-state index in [1.807, 2.05) is 6.92 Å². The monoisotopic (exact) mass is 169 g/mol.